The van der Waals surface area contributed by atoms with Gasteiger partial charge in [0.2, 0.25) is 0 Å². The Bertz CT molecular complexity index is 330. The van der Waals surface area contributed by atoms with Crippen molar-refractivity contribution < 1.29 is 19.2 Å². The second-order valence-corrected chi connectivity index (χ2v) is 6.93. The summed E-state index contributed by atoms with van der Waals surface area (Å²) in [6.45, 7) is 9.02. The molecule has 3 saturated heterocycles. The lowest BCUT2D eigenvalue weighted by Crippen LogP contribution is -2.51. The summed E-state index contributed by atoms with van der Waals surface area (Å²) in [6.07, 6.45) is 1.71. The molecule has 1 saturated carbocycles. The van der Waals surface area contributed by atoms with Crippen molar-refractivity contribution in [1.29, 1.82) is 0 Å². The van der Waals surface area contributed by atoms with E-state index in [-0.39, 0.29) is 35.8 Å². The Balaban J connectivity index is 1.78. The van der Waals surface area contributed by atoms with Gasteiger partial charge in [-0.25, -0.2) is 0 Å². The zero-order chi connectivity index (χ0) is 12.5. The molecule has 0 aromatic rings. The average Bonchev–Trinajstić information content (AvgIpc) is 2.75. The fraction of sp³-hybridized carbons (Fsp3) is 1.00. The topological polar surface area (TPSA) is 47.9 Å². The highest BCUT2D eigenvalue weighted by molar-refractivity contribution is 6.50. The minimum atomic E-state index is -0.302. The van der Waals surface area contributed by atoms with Crippen LogP contribution in [0.15, 0.2) is 0 Å². The van der Waals surface area contributed by atoms with Gasteiger partial charge >= 0.3 is 7.12 Å². The number of hydrogen-bond donors (Lipinski definition) is 1. The molecule has 0 aromatic carbocycles. The predicted molar refractivity (Wildman–Crippen MR) is 63.8 cm³/mol. The van der Waals surface area contributed by atoms with E-state index in [0.717, 1.165) is 12.8 Å². The van der Waals surface area contributed by atoms with Crippen molar-refractivity contribution in [2.24, 2.45) is 0 Å². The van der Waals surface area contributed by atoms with Gasteiger partial charge in [0, 0.05) is 5.31 Å². The molecule has 0 aromatic heterocycles. The molecule has 4 nitrogen and oxygen atoms in total. The molecule has 4 fully saturated rings. The molecule has 2 bridgehead atoms. The molecule has 0 spiro atoms. The van der Waals surface area contributed by atoms with E-state index in [4.69, 9.17) is 14.0 Å². The van der Waals surface area contributed by atoms with Crippen LogP contribution in [0.1, 0.15) is 40.5 Å². The molecule has 0 unspecified atom stereocenters. The van der Waals surface area contributed by atoms with Gasteiger partial charge in [-0.15, -0.1) is 0 Å². The summed E-state index contributed by atoms with van der Waals surface area (Å²) >= 11 is 0. The third-order valence-electron chi connectivity index (χ3n) is 5.06. The van der Waals surface area contributed by atoms with Crippen LogP contribution in [0.5, 0.6) is 0 Å². The minimum absolute atomic E-state index is 0.0340. The summed E-state index contributed by atoms with van der Waals surface area (Å²) in [5, 5.41) is 9.29. The van der Waals surface area contributed by atoms with Gasteiger partial charge in [0.1, 0.15) is 0 Å². The van der Waals surface area contributed by atoms with Crippen LogP contribution in [0.2, 0.25) is 5.31 Å². The predicted octanol–water partition coefficient (Wildman–Crippen LogP) is 1.37. The third kappa shape index (κ3) is 1.40. The van der Waals surface area contributed by atoms with E-state index in [1.807, 2.05) is 0 Å². The first-order valence-electron chi connectivity index (χ1n) is 6.35. The first-order valence-corrected chi connectivity index (χ1v) is 6.35. The summed E-state index contributed by atoms with van der Waals surface area (Å²) < 4.78 is 17.9. The lowest BCUT2D eigenvalue weighted by atomic mass is 9.44. The van der Waals surface area contributed by atoms with E-state index in [1.54, 1.807) is 0 Å². The molecule has 1 aliphatic carbocycles. The van der Waals surface area contributed by atoms with E-state index in [0.29, 0.717) is 6.61 Å². The Morgan fingerprint density at radius 1 is 1.06 bits per heavy atom. The number of aliphatic hydroxyl groups excluding tert-OH is 1. The molecule has 4 rings (SSSR count). The number of hydrogen-bond acceptors (Lipinski definition) is 4. The number of aliphatic hydroxyl groups is 1. The Kier molecular flexibility index (Phi) is 2.16. The molecular formula is C12H21BO4. The monoisotopic (exact) mass is 240 g/mol. The van der Waals surface area contributed by atoms with Gasteiger partial charge in [0.15, 0.2) is 0 Å². The summed E-state index contributed by atoms with van der Waals surface area (Å²) in [5.41, 5.74) is -0.872. The second-order valence-electron chi connectivity index (χ2n) is 6.93. The van der Waals surface area contributed by atoms with Gasteiger partial charge in [-0.05, 0) is 40.5 Å². The van der Waals surface area contributed by atoms with Crippen molar-refractivity contribution in [3.8, 4) is 0 Å². The summed E-state index contributed by atoms with van der Waals surface area (Å²) in [5.74, 6) is 0. The lowest BCUT2D eigenvalue weighted by Gasteiger charge is -2.44. The largest absolute Gasteiger partial charge is 0.467 e. The Morgan fingerprint density at radius 3 is 2.00 bits per heavy atom. The highest BCUT2D eigenvalue weighted by Gasteiger charge is 2.72. The van der Waals surface area contributed by atoms with Crippen molar-refractivity contribution >= 4 is 7.12 Å². The molecule has 4 aliphatic rings. The van der Waals surface area contributed by atoms with Crippen LogP contribution in [0.4, 0.5) is 0 Å². The van der Waals surface area contributed by atoms with E-state index >= 15 is 0 Å². The number of rotatable bonds is 2. The standard InChI is InChI=1S/C12H21BO4/c1-9(2)10(3,4)17-13(16-9)11-5-12(6-11,7-14)15-8-11/h14H,5-8H2,1-4H3. The number of ether oxygens (including phenoxy) is 1. The molecule has 1 N–H and O–H groups in total. The van der Waals surface area contributed by atoms with Crippen LogP contribution >= 0.6 is 0 Å². The summed E-state index contributed by atoms with van der Waals surface area (Å²) in [7, 11) is -0.199. The fourth-order valence-corrected chi connectivity index (χ4v) is 3.22. The van der Waals surface area contributed by atoms with E-state index in [9.17, 15) is 5.11 Å². The highest BCUT2D eigenvalue weighted by atomic mass is 16.7. The molecule has 17 heavy (non-hydrogen) atoms. The lowest BCUT2D eigenvalue weighted by molar-refractivity contribution is -0.0447. The molecule has 0 atom stereocenters. The van der Waals surface area contributed by atoms with Crippen molar-refractivity contribution in [1.82, 2.24) is 0 Å². The van der Waals surface area contributed by atoms with Crippen molar-refractivity contribution in [2.45, 2.75) is 62.7 Å². The zero-order valence-electron chi connectivity index (χ0n) is 11.1. The van der Waals surface area contributed by atoms with Crippen LogP contribution in [-0.2, 0) is 14.0 Å². The average molecular weight is 240 g/mol. The molecule has 0 radical (unpaired) electrons. The number of fused-ring (bicyclic) bond motifs is 1. The van der Waals surface area contributed by atoms with Crippen molar-refractivity contribution in [3.05, 3.63) is 0 Å². The Hall–Kier alpha value is -0.0951. The molecule has 96 valence electrons. The smallest absolute Gasteiger partial charge is 0.403 e. The molecular weight excluding hydrogens is 219 g/mol. The molecule has 0 amide bonds. The first-order chi connectivity index (χ1) is 7.74. The van der Waals surface area contributed by atoms with Crippen LogP contribution < -0.4 is 0 Å². The maximum absolute atomic E-state index is 9.32. The minimum Gasteiger partial charge on any atom is -0.403 e. The van der Waals surface area contributed by atoms with E-state index in [2.05, 4.69) is 27.7 Å². The molecule has 3 aliphatic heterocycles. The van der Waals surface area contributed by atoms with Crippen LogP contribution in [0.25, 0.3) is 0 Å². The summed E-state index contributed by atoms with van der Waals surface area (Å²) in [6, 6.07) is 0. The maximum atomic E-state index is 9.32. The van der Waals surface area contributed by atoms with E-state index < -0.39 is 0 Å². The van der Waals surface area contributed by atoms with Gasteiger partial charge in [-0.2, -0.15) is 0 Å². The van der Waals surface area contributed by atoms with Gasteiger partial charge < -0.3 is 19.2 Å². The van der Waals surface area contributed by atoms with Gasteiger partial charge in [0.25, 0.3) is 0 Å². The van der Waals surface area contributed by atoms with E-state index in [1.165, 1.54) is 0 Å². The van der Waals surface area contributed by atoms with Crippen molar-refractivity contribution in [2.75, 3.05) is 13.2 Å². The van der Waals surface area contributed by atoms with Gasteiger partial charge in [0.05, 0.1) is 30.0 Å². The fourth-order valence-electron chi connectivity index (χ4n) is 3.22. The summed E-state index contributed by atoms with van der Waals surface area (Å²) in [4.78, 5) is 0. The SMILES string of the molecule is CC1(C)OB(C23COC(CO)(C2)C3)OC1(C)C. The highest BCUT2D eigenvalue weighted by Crippen LogP contribution is 2.66. The quantitative estimate of drug-likeness (QED) is 0.740. The van der Waals surface area contributed by atoms with Gasteiger partial charge in [-0.3, -0.25) is 0 Å². The molecule has 3 heterocycles. The van der Waals surface area contributed by atoms with Crippen LogP contribution in [-0.4, -0.2) is 42.2 Å². The van der Waals surface area contributed by atoms with Crippen LogP contribution in [0, 0.1) is 0 Å². The molecule has 5 heteroatoms. The maximum Gasteiger partial charge on any atom is 0.467 e. The van der Waals surface area contributed by atoms with Crippen LogP contribution in [0.3, 0.4) is 0 Å². The first kappa shape index (κ1) is 12.0. The Morgan fingerprint density at radius 2 is 1.59 bits per heavy atom. The zero-order valence-corrected chi connectivity index (χ0v) is 11.1. The van der Waals surface area contributed by atoms with Crippen molar-refractivity contribution in [3.63, 3.8) is 0 Å². The van der Waals surface area contributed by atoms with Gasteiger partial charge in [-0.1, -0.05) is 0 Å². The second kappa shape index (κ2) is 3.07. The third-order valence-corrected chi connectivity index (χ3v) is 5.06. The Labute approximate surface area is 103 Å². The normalized spacial score (nSPS) is 46.1.